The van der Waals surface area contributed by atoms with Gasteiger partial charge in [-0.2, -0.15) is 0 Å². The molecule has 4 heteroatoms. The molecule has 0 spiro atoms. The molecule has 0 aliphatic carbocycles. The van der Waals surface area contributed by atoms with Crippen LogP contribution in [0.15, 0.2) is 24.3 Å². The van der Waals surface area contributed by atoms with E-state index < -0.39 is 0 Å². The molecule has 2 atom stereocenters. The highest BCUT2D eigenvalue weighted by Crippen LogP contribution is 2.13. The minimum atomic E-state index is -0.264. The molecule has 0 aliphatic rings. The molecule has 20 heavy (non-hydrogen) atoms. The Morgan fingerprint density at radius 1 is 1.30 bits per heavy atom. The maximum absolute atomic E-state index is 12.9. The van der Waals surface area contributed by atoms with Crippen LogP contribution in [0.5, 0.6) is 0 Å². The summed E-state index contributed by atoms with van der Waals surface area (Å²) in [6.07, 6.45) is 2.20. The number of hydrogen-bond acceptors (Lipinski definition) is 2. The number of likely N-dealkylation sites (N-methyl/N-ethyl adjacent to an activating group) is 1. The number of hydrogen-bond donors (Lipinski definition) is 1. The highest BCUT2D eigenvalue weighted by atomic mass is 19.1. The standard InChI is InChI=1S/C16H25FN2O/c1-5-6-11-19(4)13(3)16(20)18-12(2)14-7-9-15(17)10-8-14/h7-10,12-13H,5-6,11H2,1-4H3,(H,18,20). The fourth-order valence-electron chi connectivity index (χ4n) is 1.97. The van der Waals surface area contributed by atoms with Gasteiger partial charge < -0.3 is 5.32 Å². The van der Waals surface area contributed by atoms with Crippen molar-refractivity contribution in [2.45, 2.75) is 45.7 Å². The molecule has 0 saturated heterocycles. The molecule has 1 amide bonds. The normalized spacial score (nSPS) is 14.1. The van der Waals surface area contributed by atoms with Gasteiger partial charge in [0.2, 0.25) is 5.91 Å². The minimum Gasteiger partial charge on any atom is -0.348 e. The predicted octanol–water partition coefficient (Wildman–Crippen LogP) is 3.12. The molecule has 1 rings (SSSR count). The van der Waals surface area contributed by atoms with Gasteiger partial charge in [0.25, 0.3) is 0 Å². The SMILES string of the molecule is CCCCN(C)C(C)C(=O)NC(C)c1ccc(F)cc1. The van der Waals surface area contributed by atoms with Crippen LogP contribution in [-0.4, -0.2) is 30.4 Å². The molecule has 3 nitrogen and oxygen atoms in total. The van der Waals surface area contributed by atoms with E-state index in [4.69, 9.17) is 0 Å². The molecule has 0 radical (unpaired) electrons. The summed E-state index contributed by atoms with van der Waals surface area (Å²) in [7, 11) is 1.96. The summed E-state index contributed by atoms with van der Waals surface area (Å²) in [5.41, 5.74) is 0.906. The highest BCUT2D eigenvalue weighted by molar-refractivity contribution is 5.81. The van der Waals surface area contributed by atoms with Crippen molar-refractivity contribution >= 4 is 5.91 Å². The summed E-state index contributed by atoms with van der Waals surface area (Å²) in [6.45, 7) is 6.86. The Labute approximate surface area is 121 Å². The molecule has 1 N–H and O–H groups in total. The van der Waals surface area contributed by atoms with Crippen molar-refractivity contribution in [1.29, 1.82) is 0 Å². The molecule has 1 aromatic carbocycles. The fourth-order valence-corrected chi connectivity index (χ4v) is 1.97. The van der Waals surface area contributed by atoms with Crippen molar-refractivity contribution in [1.82, 2.24) is 10.2 Å². The number of unbranched alkanes of at least 4 members (excludes halogenated alkanes) is 1. The lowest BCUT2D eigenvalue weighted by molar-refractivity contribution is -0.126. The van der Waals surface area contributed by atoms with Crippen LogP contribution >= 0.6 is 0 Å². The van der Waals surface area contributed by atoms with Crippen LogP contribution in [0.4, 0.5) is 4.39 Å². The molecule has 2 unspecified atom stereocenters. The summed E-state index contributed by atoms with van der Waals surface area (Å²) in [4.78, 5) is 14.2. The van der Waals surface area contributed by atoms with Gasteiger partial charge >= 0.3 is 0 Å². The van der Waals surface area contributed by atoms with E-state index in [-0.39, 0.29) is 23.8 Å². The van der Waals surface area contributed by atoms with Crippen LogP contribution < -0.4 is 5.32 Å². The first-order valence-corrected chi connectivity index (χ1v) is 7.21. The number of rotatable bonds is 7. The number of halogens is 1. The van der Waals surface area contributed by atoms with Crippen LogP contribution in [0.1, 0.15) is 45.2 Å². The van der Waals surface area contributed by atoms with Crippen molar-refractivity contribution < 1.29 is 9.18 Å². The quantitative estimate of drug-likeness (QED) is 0.832. The van der Waals surface area contributed by atoms with Crippen LogP contribution in [0, 0.1) is 5.82 Å². The van der Waals surface area contributed by atoms with E-state index in [9.17, 15) is 9.18 Å². The number of benzene rings is 1. The van der Waals surface area contributed by atoms with Gasteiger partial charge in [-0.3, -0.25) is 9.69 Å². The second-order valence-corrected chi connectivity index (χ2v) is 5.29. The van der Waals surface area contributed by atoms with Gasteiger partial charge in [0, 0.05) is 0 Å². The first kappa shape index (κ1) is 16.6. The first-order chi connectivity index (χ1) is 9.45. The molecule has 0 aliphatic heterocycles. The summed E-state index contributed by atoms with van der Waals surface area (Å²) in [6, 6.07) is 5.94. The zero-order chi connectivity index (χ0) is 15.1. The number of carbonyl (C=O) groups is 1. The van der Waals surface area contributed by atoms with Gasteiger partial charge in [0.15, 0.2) is 0 Å². The van der Waals surface area contributed by atoms with E-state index in [1.54, 1.807) is 12.1 Å². The van der Waals surface area contributed by atoms with Crippen LogP contribution in [0.3, 0.4) is 0 Å². The van der Waals surface area contributed by atoms with Gasteiger partial charge in [0.1, 0.15) is 5.82 Å². The lowest BCUT2D eigenvalue weighted by Crippen LogP contribution is -2.44. The van der Waals surface area contributed by atoms with Gasteiger partial charge in [-0.1, -0.05) is 25.5 Å². The number of amides is 1. The summed E-state index contributed by atoms with van der Waals surface area (Å²) < 4.78 is 12.9. The number of nitrogens with one attached hydrogen (secondary N) is 1. The van der Waals surface area contributed by atoms with Crippen LogP contribution in [0.25, 0.3) is 0 Å². The highest BCUT2D eigenvalue weighted by Gasteiger charge is 2.19. The predicted molar refractivity (Wildman–Crippen MR) is 80.0 cm³/mol. The fraction of sp³-hybridized carbons (Fsp3) is 0.562. The topological polar surface area (TPSA) is 32.3 Å². The molecule has 0 aromatic heterocycles. The summed E-state index contributed by atoms with van der Waals surface area (Å²) in [5.74, 6) is -0.264. The Morgan fingerprint density at radius 3 is 2.45 bits per heavy atom. The van der Waals surface area contributed by atoms with Crippen LogP contribution in [-0.2, 0) is 4.79 Å². The summed E-state index contributed by atoms with van der Waals surface area (Å²) in [5, 5.41) is 2.97. The maximum atomic E-state index is 12.9. The molecular formula is C16H25FN2O. The smallest absolute Gasteiger partial charge is 0.237 e. The third kappa shape index (κ3) is 4.93. The molecule has 112 valence electrons. The zero-order valence-electron chi connectivity index (χ0n) is 12.8. The molecular weight excluding hydrogens is 255 g/mol. The minimum absolute atomic E-state index is 0.000396. The number of nitrogens with zero attached hydrogens (tertiary/aromatic N) is 1. The van der Waals surface area contributed by atoms with Gasteiger partial charge in [-0.05, 0) is 51.6 Å². The Kier molecular flexibility index (Phi) is 6.65. The Balaban J connectivity index is 2.54. The van der Waals surface area contributed by atoms with Crippen molar-refractivity contribution in [2.75, 3.05) is 13.6 Å². The second kappa shape index (κ2) is 8.00. The van der Waals surface area contributed by atoms with E-state index in [2.05, 4.69) is 17.1 Å². The largest absolute Gasteiger partial charge is 0.348 e. The van der Waals surface area contributed by atoms with Crippen molar-refractivity contribution in [3.05, 3.63) is 35.6 Å². The molecule has 0 bridgehead atoms. The lowest BCUT2D eigenvalue weighted by atomic mass is 10.1. The van der Waals surface area contributed by atoms with E-state index in [1.807, 2.05) is 20.9 Å². The average Bonchev–Trinajstić information content (AvgIpc) is 2.44. The van der Waals surface area contributed by atoms with Crippen molar-refractivity contribution in [3.8, 4) is 0 Å². The second-order valence-electron chi connectivity index (χ2n) is 5.29. The lowest BCUT2D eigenvalue weighted by Gasteiger charge is -2.25. The third-order valence-corrected chi connectivity index (χ3v) is 3.63. The summed E-state index contributed by atoms with van der Waals surface area (Å²) >= 11 is 0. The average molecular weight is 280 g/mol. The van der Waals surface area contributed by atoms with E-state index in [0.717, 1.165) is 24.9 Å². The molecule has 0 heterocycles. The maximum Gasteiger partial charge on any atom is 0.237 e. The molecule has 0 saturated carbocycles. The Hall–Kier alpha value is -1.42. The van der Waals surface area contributed by atoms with Crippen molar-refractivity contribution in [2.24, 2.45) is 0 Å². The number of carbonyl (C=O) groups excluding carboxylic acids is 1. The van der Waals surface area contributed by atoms with E-state index in [1.165, 1.54) is 12.1 Å². The zero-order valence-corrected chi connectivity index (χ0v) is 12.8. The molecule has 0 fully saturated rings. The molecule has 1 aromatic rings. The van der Waals surface area contributed by atoms with Gasteiger partial charge in [-0.25, -0.2) is 4.39 Å². The van der Waals surface area contributed by atoms with E-state index in [0.29, 0.717) is 0 Å². The monoisotopic (exact) mass is 280 g/mol. The third-order valence-electron chi connectivity index (χ3n) is 3.63. The van der Waals surface area contributed by atoms with Crippen LogP contribution in [0.2, 0.25) is 0 Å². The Bertz CT molecular complexity index is 419. The van der Waals surface area contributed by atoms with Gasteiger partial charge in [0.05, 0.1) is 12.1 Å². The van der Waals surface area contributed by atoms with Gasteiger partial charge in [-0.15, -0.1) is 0 Å². The van der Waals surface area contributed by atoms with Crippen molar-refractivity contribution in [3.63, 3.8) is 0 Å². The first-order valence-electron chi connectivity index (χ1n) is 7.21. The van der Waals surface area contributed by atoms with E-state index >= 15 is 0 Å². The Morgan fingerprint density at radius 2 is 1.90 bits per heavy atom.